The molecule has 0 unspecified atom stereocenters. The third kappa shape index (κ3) is 3.65. The van der Waals surface area contributed by atoms with Crippen LogP contribution in [0.3, 0.4) is 0 Å². The second kappa shape index (κ2) is 6.76. The molecule has 1 aliphatic rings. The van der Waals surface area contributed by atoms with Crippen LogP contribution in [0.25, 0.3) is 0 Å². The lowest BCUT2D eigenvalue weighted by molar-refractivity contribution is 0.478. The summed E-state index contributed by atoms with van der Waals surface area (Å²) in [7, 11) is -0.900. The lowest BCUT2D eigenvalue weighted by atomic mass is 9.97. The minimum atomic E-state index is -0.900. The van der Waals surface area contributed by atoms with Gasteiger partial charge in [0.2, 0.25) is 0 Å². The van der Waals surface area contributed by atoms with Crippen LogP contribution < -0.4 is 5.32 Å². The van der Waals surface area contributed by atoms with Gasteiger partial charge in [-0.1, -0.05) is 36.4 Å². The van der Waals surface area contributed by atoms with Gasteiger partial charge in [-0.15, -0.1) is 0 Å². The summed E-state index contributed by atoms with van der Waals surface area (Å²) in [4.78, 5) is 0.890. The van der Waals surface area contributed by atoms with Crippen molar-refractivity contribution < 1.29 is 4.21 Å². The van der Waals surface area contributed by atoms with Crippen molar-refractivity contribution in [2.75, 3.05) is 6.26 Å². The molecule has 22 heavy (non-hydrogen) atoms. The van der Waals surface area contributed by atoms with Crippen LogP contribution in [0.4, 0.5) is 0 Å². The van der Waals surface area contributed by atoms with Crippen molar-refractivity contribution in [1.82, 2.24) is 5.32 Å². The van der Waals surface area contributed by atoms with Gasteiger partial charge >= 0.3 is 0 Å². The van der Waals surface area contributed by atoms with Crippen molar-refractivity contribution in [2.24, 2.45) is 5.92 Å². The Hall–Kier alpha value is -1.45. The molecule has 0 aliphatic heterocycles. The molecule has 0 radical (unpaired) electrons. The second-order valence-corrected chi connectivity index (χ2v) is 7.53. The first-order valence-electron chi connectivity index (χ1n) is 7.86. The van der Waals surface area contributed by atoms with Crippen molar-refractivity contribution in [3.63, 3.8) is 0 Å². The molecule has 3 rings (SSSR count). The maximum Gasteiger partial charge on any atom is 0.0498 e. The van der Waals surface area contributed by atoms with E-state index in [-0.39, 0.29) is 0 Å². The number of rotatable bonds is 6. The molecule has 0 amide bonds. The summed E-state index contributed by atoms with van der Waals surface area (Å²) >= 11 is 0. The third-order valence-corrected chi connectivity index (χ3v) is 5.33. The first kappa shape index (κ1) is 15.4. The highest BCUT2D eigenvalue weighted by molar-refractivity contribution is 7.84. The van der Waals surface area contributed by atoms with Crippen LogP contribution in [0.15, 0.2) is 53.4 Å². The average Bonchev–Trinajstić information content (AvgIpc) is 3.34. The van der Waals surface area contributed by atoms with Crippen LogP contribution in [-0.4, -0.2) is 10.5 Å². The van der Waals surface area contributed by atoms with Gasteiger partial charge in [0.15, 0.2) is 0 Å². The highest BCUT2D eigenvalue weighted by atomic mass is 32.2. The van der Waals surface area contributed by atoms with Crippen LogP contribution in [0.1, 0.15) is 35.6 Å². The molecule has 2 nitrogen and oxygen atoms in total. The number of hydrogen-bond acceptors (Lipinski definition) is 2. The maximum absolute atomic E-state index is 11.4. The monoisotopic (exact) mass is 313 g/mol. The zero-order chi connectivity index (χ0) is 15.5. The summed E-state index contributed by atoms with van der Waals surface area (Å²) in [5.41, 5.74) is 4.04. The standard InChI is InChI=1S/C19H23NOS/c1-14-5-3-4-6-18(14)19(16-9-10-16)20-13-15-7-11-17(12-8-15)22(2)21/h3-8,11-12,16,19-20H,9-10,13H2,1-2H3/t19-,22+/m0/s1. The number of hydrogen-bond donors (Lipinski definition) is 1. The predicted octanol–water partition coefficient (Wildman–Crippen LogP) is 3.97. The first-order chi connectivity index (χ1) is 10.6. The van der Waals surface area contributed by atoms with Gasteiger partial charge in [0.05, 0.1) is 0 Å². The van der Waals surface area contributed by atoms with Crippen LogP contribution >= 0.6 is 0 Å². The molecule has 0 heterocycles. The minimum Gasteiger partial charge on any atom is -0.306 e. The number of benzene rings is 2. The summed E-state index contributed by atoms with van der Waals surface area (Å²) in [6, 6.07) is 17.2. The zero-order valence-corrected chi connectivity index (χ0v) is 14.0. The largest absolute Gasteiger partial charge is 0.306 e. The Morgan fingerprint density at radius 1 is 1.14 bits per heavy atom. The molecule has 0 spiro atoms. The van der Waals surface area contributed by atoms with Gasteiger partial charge < -0.3 is 5.32 Å². The zero-order valence-electron chi connectivity index (χ0n) is 13.2. The number of aryl methyl sites for hydroxylation is 1. The van der Waals surface area contributed by atoms with E-state index in [4.69, 9.17) is 0 Å². The van der Waals surface area contributed by atoms with Gasteiger partial charge in [-0.25, -0.2) is 0 Å². The van der Waals surface area contributed by atoms with E-state index in [0.717, 1.165) is 17.4 Å². The molecule has 1 saturated carbocycles. The fraction of sp³-hybridized carbons (Fsp3) is 0.368. The van der Waals surface area contributed by atoms with E-state index in [1.165, 1.54) is 29.5 Å². The Morgan fingerprint density at radius 2 is 1.82 bits per heavy atom. The molecule has 2 atom stereocenters. The van der Waals surface area contributed by atoms with Gasteiger partial charge in [0, 0.05) is 34.5 Å². The fourth-order valence-electron chi connectivity index (χ4n) is 2.92. The van der Waals surface area contributed by atoms with Crippen LogP contribution in [0, 0.1) is 12.8 Å². The predicted molar refractivity (Wildman–Crippen MR) is 92.3 cm³/mol. The smallest absolute Gasteiger partial charge is 0.0498 e. The average molecular weight is 313 g/mol. The first-order valence-corrected chi connectivity index (χ1v) is 9.42. The van der Waals surface area contributed by atoms with E-state index >= 15 is 0 Å². The van der Waals surface area contributed by atoms with Gasteiger partial charge in [-0.3, -0.25) is 4.21 Å². The van der Waals surface area contributed by atoms with Gasteiger partial charge in [-0.2, -0.15) is 0 Å². The lowest BCUT2D eigenvalue weighted by Crippen LogP contribution is -2.23. The lowest BCUT2D eigenvalue weighted by Gasteiger charge is -2.21. The highest BCUT2D eigenvalue weighted by Crippen LogP contribution is 2.41. The molecule has 1 aliphatic carbocycles. The second-order valence-electron chi connectivity index (χ2n) is 6.15. The van der Waals surface area contributed by atoms with E-state index in [1.807, 2.05) is 12.1 Å². The Bertz CT molecular complexity index is 661. The van der Waals surface area contributed by atoms with Crippen molar-refractivity contribution in [3.05, 3.63) is 65.2 Å². The van der Waals surface area contributed by atoms with Gasteiger partial charge in [-0.05, 0) is 54.5 Å². The summed E-state index contributed by atoms with van der Waals surface area (Å²) < 4.78 is 11.4. The van der Waals surface area contributed by atoms with E-state index < -0.39 is 10.8 Å². The molecule has 2 aromatic carbocycles. The highest BCUT2D eigenvalue weighted by Gasteiger charge is 2.32. The van der Waals surface area contributed by atoms with Crippen molar-refractivity contribution in [3.8, 4) is 0 Å². The van der Waals surface area contributed by atoms with Crippen molar-refractivity contribution >= 4 is 10.8 Å². The summed E-state index contributed by atoms with van der Waals surface area (Å²) in [6.45, 7) is 3.05. The molecule has 0 aromatic heterocycles. The summed E-state index contributed by atoms with van der Waals surface area (Å²) in [5.74, 6) is 0.767. The molecule has 3 heteroatoms. The molecule has 1 N–H and O–H groups in total. The minimum absolute atomic E-state index is 0.446. The van der Waals surface area contributed by atoms with Gasteiger partial charge in [0.25, 0.3) is 0 Å². The van der Waals surface area contributed by atoms with Crippen molar-refractivity contribution in [2.45, 2.75) is 37.2 Å². The van der Waals surface area contributed by atoms with Crippen LogP contribution in [-0.2, 0) is 17.3 Å². The third-order valence-electron chi connectivity index (χ3n) is 4.40. The Morgan fingerprint density at radius 3 is 2.41 bits per heavy atom. The topological polar surface area (TPSA) is 29.1 Å². The fourth-order valence-corrected chi connectivity index (χ4v) is 3.44. The van der Waals surface area contributed by atoms with E-state index in [1.54, 1.807) is 6.26 Å². The summed E-state index contributed by atoms with van der Waals surface area (Å²) in [6.07, 6.45) is 4.36. The number of nitrogens with one attached hydrogen (secondary N) is 1. The van der Waals surface area contributed by atoms with Gasteiger partial charge in [0.1, 0.15) is 0 Å². The van der Waals surface area contributed by atoms with Crippen LogP contribution in [0.5, 0.6) is 0 Å². The van der Waals surface area contributed by atoms with Crippen LogP contribution in [0.2, 0.25) is 0 Å². The normalized spacial score (nSPS) is 17.2. The Balaban J connectivity index is 1.70. The molecule has 0 bridgehead atoms. The molecule has 1 fully saturated rings. The van der Waals surface area contributed by atoms with E-state index in [0.29, 0.717) is 6.04 Å². The Kier molecular flexibility index (Phi) is 4.74. The molecular formula is C19H23NOS. The van der Waals surface area contributed by atoms with Crippen molar-refractivity contribution in [1.29, 1.82) is 0 Å². The van der Waals surface area contributed by atoms with E-state index in [2.05, 4.69) is 48.6 Å². The molecule has 116 valence electrons. The quantitative estimate of drug-likeness (QED) is 0.874. The Labute approximate surface area is 135 Å². The summed E-state index contributed by atoms with van der Waals surface area (Å²) in [5, 5.41) is 3.73. The molecule has 2 aromatic rings. The van der Waals surface area contributed by atoms with E-state index in [9.17, 15) is 4.21 Å². The maximum atomic E-state index is 11.4. The molecular weight excluding hydrogens is 290 g/mol. The molecule has 0 saturated heterocycles. The SMILES string of the molecule is Cc1ccccc1[C@@H](NCc1ccc([S@@](C)=O)cc1)C1CC1.